The first-order valence-electron chi connectivity index (χ1n) is 10.0. The fourth-order valence-corrected chi connectivity index (χ4v) is 3.12. The smallest absolute Gasteiger partial charge is 0.370 e. The van der Waals surface area contributed by atoms with Crippen LogP contribution in [0.3, 0.4) is 0 Å². The Morgan fingerprint density at radius 1 is 1.24 bits per heavy atom. The van der Waals surface area contributed by atoms with Crippen molar-refractivity contribution in [1.82, 2.24) is 15.0 Å². The maximum atomic E-state index is 9.32. The SMILES string of the molecule is C=[N+](CCC(CCO)CCCC)c1nc(N)ncc1OCc1ncccc1OC. The van der Waals surface area contributed by atoms with Gasteiger partial charge in [-0.3, -0.25) is 4.98 Å². The number of pyridine rings is 1. The minimum absolute atomic E-state index is 0.161. The van der Waals surface area contributed by atoms with E-state index in [4.69, 9.17) is 15.2 Å². The molecule has 0 fully saturated rings. The van der Waals surface area contributed by atoms with Crippen LogP contribution in [0.15, 0.2) is 24.5 Å². The van der Waals surface area contributed by atoms with E-state index in [2.05, 4.69) is 28.6 Å². The van der Waals surface area contributed by atoms with E-state index in [-0.39, 0.29) is 19.2 Å². The first-order valence-corrected chi connectivity index (χ1v) is 10.0. The first-order chi connectivity index (χ1) is 14.1. The lowest BCUT2D eigenvalue weighted by Gasteiger charge is -2.15. The topological polar surface area (TPSA) is 106 Å². The van der Waals surface area contributed by atoms with Crippen LogP contribution in [0.4, 0.5) is 11.8 Å². The van der Waals surface area contributed by atoms with Gasteiger partial charge in [-0.2, -0.15) is 4.98 Å². The molecule has 2 aromatic heterocycles. The largest absolute Gasteiger partial charge is 0.495 e. The van der Waals surface area contributed by atoms with Crippen molar-refractivity contribution >= 4 is 18.5 Å². The van der Waals surface area contributed by atoms with Crippen molar-refractivity contribution in [2.45, 2.75) is 45.6 Å². The molecule has 0 bridgehead atoms. The maximum absolute atomic E-state index is 9.32. The van der Waals surface area contributed by atoms with Crippen LogP contribution >= 0.6 is 0 Å². The predicted molar refractivity (Wildman–Crippen MR) is 113 cm³/mol. The zero-order chi connectivity index (χ0) is 21.1. The number of hydrogen-bond donors (Lipinski definition) is 2. The number of nitrogens with two attached hydrogens (primary N) is 1. The average Bonchev–Trinajstić information content (AvgIpc) is 2.74. The Balaban J connectivity index is 2.07. The van der Waals surface area contributed by atoms with Gasteiger partial charge >= 0.3 is 11.8 Å². The van der Waals surface area contributed by atoms with Crippen LogP contribution in [0.1, 0.15) is 44.7 Å². The van der Waals surface area contributed by atoms with Crippen molar-refractivity contribution in [3.05, 3.63) is 30.2 Å². The van der Waals surface area contributed by atoms with E-state index in [1.165, 1.54) is 0 Å². The number of aromatic nitrogens is 3. The van der Waals surface area contributed by atoms with E-state index >= 15 is 0 Å². The van der Waals surface area contributed by atoms with Crippen LogP contribution in [0.25, 0.3) is 0 Å². The number of unbranched alkanes of at least 4 members (excludes halogenated alkanes) is 1. The highest BCUT2D eigenvalue weighted by atomic mass is 16.5. The van der Waals surface area contributed by atoms with Gasteiger partial charge in [0.2, 0.25) is 5.75 Å². The highest BCUT2D eigenvalue weighted by molar-refractivity contribution is 5.43. The summed E-state index contributed by atoms with van der Waals surface area (Å²) in [5.74, 6) is 2.28. The van der Waals surface area contributed by atoms with Crippen LogP contribution in [-0.2, 0) is 6.61 Å². The minimum atomic E-state index is 0.161. The second kappa shape index (κ2) is 12.0. The lowest BCUT2D eigenvalue weighted by Crippen LogP contribution is -2.15. The third-order valence-corrected chi connectivity index (χ3v) is 4.80. The molecule has 0 spiro atoms. The fourth-order valence-electron chi connectivity index (χ4n) is 3.12. The van der Waals surface area contributed by atoms with Crippen molar-refractivity contribution < 1.29 is 19.2 Å². The molecule has 1 unspecified atom stereocenters. The molecule has 0 amide bonds. The highest BCUT2D eigenvalue weighted by Crippen LogP contribution is 2.27. The molecule has 8 heteroatoms. The standard InChI is InChI=1S/C21H32N5O3/c1-4-5-7-16(10-13-27)9-12-26(2)20-19(14-24-21(22)25-20)29-15-17-18(28-3)8-6-11-23-17/h6,8,11,14,16,27H,2,4-5,7,9-10,12-13,15H2,1,3H3,(H2,22,24,25)/q+1. The van der Waals surface area contributed by atoms with Gasteiger partial charge in [-0.25, -0.2) is 4.58 Å². The van der Waals surface area contributed by atoms with Crippen molar-refractivity contribution in [3.63, 3.8) is 0 Å². The lowest BCUT2D eigenvalue weighted by atomic mass is 9.95. The zero-order valence-electron chi connectivity index (χ0n) is 17.4. The van der Waals surface area contributed by atoms with E-state index in [0.717, 1.165) is 32.1 Å². The summed E-state index contributed by atoms with van der Waals surface area (Å²) in [6.45, 7) is 7.38. The summed E-state index contributed by atoms with van der Waals surface area (Å²) in [6, 6.07) is 3.64. The number of nitrogen functional groups attached to an aromatic ring is 1. The van der Waals surface area contributed by atoms with Gasteiger partial charge in [0.05, 0.1) is 26.6 Å². The molecule has 2 rings (SSSR count). The van der Waals surface area contributed by atoms with Crippen LogP contribution in [0.5, 0.6) is 11.5 Å². The molecule has 1 atom stereocenters. The summed E-state index contributed by atoms with van der Waals surface area (Å²) in [5, 5.41) is 9.32. The van der Waals surface area contributed by atoms with Gasteiger partial charge in [0.1, 0.15) is 18.1 Å². The third-order valence-electron chi connectivity index (χ3n) is 4.80. The minimum Gasteiger partial charge on any atom is -0.495 e. The van der Waals surface area contributed by atoms with E-state index in [1.807, 2.05) is 6.07 Å². The van der Waals surface area contributed by atoms with Crippen molar-refractivity contribution in [3.8, 4) is 11.5 Å². The molecule has 0 aliphatic heterocycles. The lowest BCUT2D eigenvalue weighted by molar-refractivity contribution is -0.438. The zero-order valence-corrected chi connectivity index (χ0v) is 17.4. The Kier molecular flexibility index (Phi) is 9.30. The van der Waals surface area contributed by atoms with Crippen molar-refractivity contribution in [1.29, 1.82) is 0 Å². The average molecular weight is 403 g/mol. The van der Waals surface area contributed by atoms with Gasteiger partial charge in [-0.15, -0.1) is 0 Å². The first kappa shape index (κ1) is 22.5. The third kappa shape index (κ3) is 6.98. The number of anilines is 1. The van der Waals surface area contributed by atoms with Gasteiger partial charge in [0, 0.05) is 17.8 Å². The van der Waals surface area contributed by atoms with Crippen molar-refractivity contribution in [2.75, 3.05) is 26.0 Å². The number of rotatable bonds is 13. The summed E-state index contributed by atoms with van der Waals surface area (Å²) < 4.78 is 13.0. The van der Waals surface area contributed by atoms with Gasteiger partial charge in [0.15, 0.2) is 0 Å². The highest BCUT2D eigenvalue weighted by Gasteiger charge is 2.21. The fraction of sp³-hybridized carbons (Fsp3) is 0.524. The number of ether oxygens (including phenoxy) is 2. The summed E-state index contributed by atoms with van der Waals surface area (Å²) in [4.78, 5) is 12.7. The van der Waals surface area contributed by atoms with Crippen LogP contribution in [-0.4, -0.2) is 51.6 Å². The number of aliphatic hydroxyl groups is 1. The maximum Gasteiger partial charge on any atom is 0.370 e. The van der Waals surface area contributed by atoms with E-state index < -0.39 is 0 Å². The molecule has 0 saturated heterocycles. The molecule has 2 heterocycles. The van der Waals surface area contributed by atoms with Crippen LogP contribution in [0, 0.1) is 5.92 Å². The predicted octanol–water partition coefficient (Wildman–Crippen LogP) is 2.96. The van der Waals surface area contributed by atoms with Crippen LogP contribution in [0.2, 0.25) is 0 Å². The number of aliphatic hydroxyl groups excluding tert-OH is 1. The molecule has 29 heavy (non-hydrogen) atoms. The van der Waals surface area contributed by atoms with E-state index in [9.17, 15) is 5.11 Å². The molecular formula is C21H32N5O3+. The molecule has 8 nitrogen and oxygen atoms in total. The Morgan fingerprint density at radius 3 is 2.79 bits per heavy atom. The Labute approximate surface area is 172 Å². The normalized spacial score (nSPS) is 11.8. The van der Waals surface area contributed by atoms with Crippen molar-refractivity contribution in [2.24, 2.45) is 5.92 Å². The Bertz CT molecular complexity index is 785. The molecule has 0 saturated carbocycles. The Morgan fingerprint density at radius 2 is 2.07 bits per heavy atom. The second-order valence-electron chi connectivity index (χ2n) is 6.93. The molecule has 2 aromatic rings. The molecule has 0 radical (unpaired) electrons. The molecule has 0 aromatic carbocycles. The van der Waals surface area contributed by atoms with E-state index in [0.29, 0.717) is 35.5 Å². The second-order valence-corrected chi connectivity index (χ2v) is 6.93. The van der Waals surface area contributed by atoms with Gasteiger partial charge < -0.3 is 20.3 Å². The summed E-state index contributed by atoms with van der Waals surface area (Å²) in [5.41, 5.74) is 6.47. The summed E-state index contributed by atoms with van der Waals surface area (Å²) in [6.07, 6.45) is 8.33. The summed E-state index contributed by atoms with van der Waals surface area (Å²) in [7, 11) is 1.59. The quantitative estimate of drug-likeness (QED) is 0.392. The summed E-state index contributed by atoms with van der Waals surface area (Å²) >= 11 is 0. The molecule has 158 valence electrons. The monoisotopic (exact) mass is 402 g/mol. The number of nitrogens with zero attached hydrogens (tertiary/aromatic N) is 4. The van der Waals surface area contributed by atoms with Gasteiger partial charge in [-0.1, -0.05) is 26.2 Å². The van der Waals surface area contributed by atoms with Crippen LogP contribution < -0.4 is 15.2 Å². The van der Waals surface area contributed by atoms with Gasteiger partial charge in [-0.05, 0) is 30.9 Å². The number of methoxy groups -OCH3 is 1. The Hall–Kier alpha value is -2.74. The molecule has 0 aliphatic carbocycles. The number of hydrogen-bond acceptors (Lipinski definition) is 7. The molecular weight excluding hydrogens is 370 g/mol. The van der Waals surface area contributed by atoms with E-state index in [1.54, 1.807) is 30.1 Å². The molecule has 0 aliphatic rings. The molecule has 3 N–H and O–H groups in total. The van der Waals surface area contributed by atoms with Gasteiger partial charge in [0.25, 0.3) is 0 Å².